The topological polar surface area (TPSA) is 24.9 Å². The quantitative estimate of drug-likeness (QED) is 0.774. The van der Waals surface area contributed by atoms with Crippen molar-refractivity contribution in [3.8, 4) is 0 Å². The monoisotopic (exact) mass is 320 g/mol. The minimum atomic E-state index is -4.13. The van der Waals surface area contributed by atoms with Gasteiger partial charge in [0.1, 0.15) is 0 Å². The Kier molecular flexibility index (Phi) is 6.11. The summed E-state index contributed by atoms with van der Waals surface area (Å²) >= 11 is 1.63. The molecule has 1 atom stereocenters. The Morgan fingerprint density at radius 3 is 2.38 bits per heavy atom. The third kappa shape index (κ3) is 7.18. The zero-order valence-electron chi connectivity index (χ0n) is 13.1. The van der Waals surface area contributed by atoms with Crippen molar-refractivity contribution in [3.63, 3.8) is 0 Å². The molecule has 1 N–H and O–H groups in total. The molecule has 0 radical (unpaired) electrons. The Balaban J connectivity index is 2.69. The number of hydrogen-bond acceptors (Lipinski definition) is 3. The van der Waals surface area contributed by atoms with Gasteiger partial charge in [0.25, 0.3) is 0 Å². The van der Waals surface area contributed by atoms with Gasteiger partial charge in [-0.2, -0.15) is 13.2 Å². The smallest absolute Gasteiger partial charge is 0.261 e. The number of halogens is 3. The summed E-state index contributed by atoms with van der Waals surface area (Å²) in [6.45, 7) is 10.2. The molecule has 0 unspecified atom stereocenters. The van der Waals surface area contributed by atoms with Crippen LogP contribution in [0.5, 0.6) is 0 Å². The van der Waals surface area contributed by atoms with Crippen LogP contribution in [-0.4, -0.2) is 15.9 Å². The molecule has 0 aliphatic rings. The van der Waals surface area contributed by atoms with Crippen molar-refractivity contribution in [2.75, 3.05) is 0 Å². The van der Waals surface area contributed by atoms with E-state index >= 15 is 0 Å². The first-order valence-corrected chi connectivity index (χ1v) is 7.75. The molecule has 2 nitrogen and oxygen atoms in total. The minimum absolute atomic E-state index is 0.0613. The molecule has 1 aromatic rings. The van der Waals surface area contributed by atoms with Gasteiger partial charge in [-0.15, -0.1) is 0 Å². The van der Waals surface area contributed by atoms with Gasteiger partial charge in [-0.1, -0.05) is 18.0 Å². The van der Waals surface area contributed by atoms with Gasteiger partial charge >= 0.3 is 6.18 Å². The van der Waals surface area contributed by atoms with Crippen LogP contribution < -0.4 is 4.72 Å². The van der Waals surface area contributed by atoms with Crippen LogP contribution in [0.3, 0.4) is 0 Å². The summed E-state index contributed by atoms with van der Waals surface area (Å²) in [4.78, 5) is 4.20. The van der Waals surface area contributed by atoms with Crippen molar-refractivity contribution in [1.29, 1.82) is 0 Å². The van der Waals surface area contributed by atoms with E-state index in [-0.39, 0.29) is 17.2 Å². The Labute approximate surface area is 129 Å². The lowest BCUT2D eigenvalue weighted by Gasteiger charge is -2.22. The lowest BCUT2D eigenvalue weighted by atomic mass is 10.1. The van der Waals surface area contributed by atoms with Crippen molar-refractivity contribution >= 4 is 11.9 Å². The lowest BCUT2D eigenvalue weighted by Crippen LogP contribution is -2.20. The number of nitrogens with zero attached hydrogens (tertiary/aromatic N) is 1. The zero-order chi connectivity index (χ0) is 16.3. The number of rotatable bonds is 5. The summed E-state index contributed by atoms with van der Waals surface area (Å²) in [7, 11) is 0. The molecule has 0 saturated heterocycles. The fourth-order valence-electron chi connectivity index (χ4n) is 1.72. The van der Waals surface area contributed by atoms with Gasteiger partial charge in [-0.3, -0.25) is 9.71 Å². The molecule has 0 spiro atoms. The van der Waals surface area contributed by atoms with E-state index in [4.69, 9.17) is 0 Å². The van der Waals surface area contributed by atoms with Crippen LogP contribution in [0, 0.1) is 6.92 Å². The summed E-state index contributed by atoms with van der Waals surface area (Å²) in [6, 6.07) is 2.01. The molecule has 0 saturated carbocycles. The zero-order valence-corrected chi connectivity index (χ0v) is 14.0. The summed E-state index contributed by atoms with van der Waals surface area (Å²) < 4.78 is 40.2. The maximum absolute atomic E-state index is 12.3. The van der Waals surface area contributed by atoms with Crippen LogP contribution in [0.4, 0.5) is 13.2 Å². The third-order valence-electron chi connectivity index (χ3n) is 2.89. The molecule has 0 aromatic carbocycles. The number of aryl methyl sites for hydroxylation is 2. The second-order valence-electron chi connectivity index (χ2n) is 6.20. The maximum atomic E-state index is 12.3. The summed E-state index contributed by atoms with van der Waals surface area (Å²) in [6.07, 6.45) is -3.35. The first-order valence-electron chi connectivity index (χ1n) is 6.93. The van der Waals surface area contributed by atoms with Crippen LogP contribution in [0.1, 0.15) is 57.0 Å². The van der Waals surface area contributed by atoms with Crippen LogP contribution in [0.25, 0.3) is 0 Å². The molecule has 0 aliphatic carbocycles. The summed E-state index contributed by atoms with van der Waals surface area (Å²) in [5.74, 6) is 0. The van der Waals surface area contributed by atoms with Gasteiger partial charge in [0.15, 0.2) is 0 Å². The SMILES string of the molecule is Cc1cc([C@@H](C)NSC(C)(C)C)cnc1CCC(F)(F)F. The number of hydrogen-bond donors (Lipinski definition) is 1. The predicted molar refractivity (Wildman–Crippen MR) is 82.2 cm³/mol. The molecule has 21 heavy (non-hydrogen) atoms. The number of alkyl halides is 3. The Bertz CT molecular complexity index is 467. The largest absolute Gasteiger partial charge is 0.389 e. The van der Waals surface area contributed by atoms with Crippen LogP contribution >= 0.6 is 11.9 Å². The van der Waals surface area contributed by atoms with Gasteiger partial charge in [-0.25, -0.2) is 0 Å². The van der Waals surface area contributed by atoms with E-state index in [0.717, 1.165) is 11.1 Å². The van der Waals surface area contributed by atoms with Crippen LogP contribution in [0.2, 0.25) is 0 Å². The third-order valence-corrected chi connectivity index (χ3v) is 3.98. The Morgan fingerprint density at radius 2 is 1.90 bits per heavy atom. The van der Waals surface area contributed by atoms with E-state index in [1.165, 1.54) is 0 Å². The van der Waals surface area contributed by atoms with E-state index in [2.05, 4.69) is 30.5 Å². The van der Waals surface area contributed by atoms with Crippen molar-refractivity contribution < 1.29 is 13.2 Å². The van der Waals surface area contributed by atoms with E-state index in [0.29, 0.717) is 5.69 Å². The highest BCUT2D eigenvalue weighted by Gasteiger charge is 2.27. The molecule has 1 heterocycles. The molecule has 1 rings (SSSR count). The molecular formula is C15H23F3N2S. The van der Waals surface area contributed by atoms with E-state index in [1.807, 2.05) is 19.9 Å². The first-order chi connectivity index (χ1) is 9.48. The van der Waals surface area contributed by atoms with Crippen LogP contribution in [0.15, 0.2) is 12.3 Å². The van der Waals surface area contributed by atoms with E-state index < -0.39 is 12.6 Å². The van der Waals surface area contributed by atoms with Gasteiger partial charge in [0, 0.05) is 29.1 Å². The van der Waals surface area contributed by atoms with Crippen molar-refractivity contribution in [1.82, 2.24) is 9.71 Å². The second kappa shape index (κ2) is 7.01. The van der Waals surface area contributed by atoms with Gasteiger partial charge in [0.05, 0.1) is 0 Å². The average molecular weight is 320 g/mol. The molecule has 0 aliphatic heterocycles. The standard InChI is InChI=1S/C15H23F3N2S/c1-10-8-12(11(2)20-21-14(3,4)5)9-19-13(10)6-7-15(16,17)18/h8-9,11,20H,6-7H2,1-5H3/t11-/m1/s1. The minimum Gasteiger partial charge on any atom is -0.261 e. The maximum Gasteiger partial charge on any atom is 0.389 e. The van der Waals surface area contributed by atoms with Gasteiger partial charge in [-0.05, 0) is 52.2 Å². The lowest BCUT2D eigenvalue weighted by molar-refractivity contribution is -0.134. The van der Waals surface area contributed by atoms with E-state index in [9.17, 15) is 13.2 Å². The fourth-order valence-corrected chi connectivity index (χ4v) is 2.38. The Morgan fingerprint density at radius 1 is 1.29 bits per heavy atom. The molecule has 0 fully saturated rings. The summed E-state index contributed by atoms with van der Waals surface area (Å²) in [5.41, 5.74) is 2.32. The summed E-state index contributed by atoms with van der Waals surface area (Å²) in [5, 5.41) is 0. The molecule has 0 bridgehead atoms. The fraction of sp³-hybridized carbons (Fsp3) is 0.667. The molecule has 120 valence electrons. The molecular weight excluding hydrogens is 297 g/mol. The van der Waals surface area contributed by atoms with Crippen LogP contribution in [-0.2, 0) is 6.42 Å². The van der Waals surface area contributed by atoms with Gasteiger partial charge in [0.2, 0.25) is 0 Å². The van der Waals surface area contributed by atoms with Gasteiger partial charge < -0.3 is 0 Å². The molecule has 1 aromatic heterocycles. The number of nitrogens with one attached hydrogen (secondary N) is 1. The highest BCUT2D eigenvalue weighted by Crippen LogP contribution is 2.26. The highest BCUT2D eigenvalue weighted by molar-refractivity contribution is 7.98. The normalized spacial score (nSPS) is 14.3. The predicted octanol–water partition coefficient (Wildman–Crippen LogP) is 4.98. The average Bonchev–Trinajstić information content (AvgIpc) is 2.32. The van der Waals surface area contributed by atoms with Crippen molar-refractivity contribution in [2.45, 2.75) is 64.4 Å². The highest BCUT2D eigenvalue weighted by atomic mass is 32.2. The first kappa shape index (κ1) is 18.3. The molecule has 6 heteroatoms. The number of aromatic nitrogens is 1. The number of pyridine rings is 1. The second-order valence-corrected chi connectivity index (χ2v) is 7.87. The molecule has 0 amide bonds. The van der Waals surface area contributed by atoms with E-state index in [1.54, 1.807) is 18.1 Å². The van der Waals surface area contributed by atoms with Crippen molar-refractivity contribution in [3.05, 3.63) is 29.1 Å². The Hall–Kier alpha value is -0.750. The van der Waals surface area contributed by atoms with Crippen molar-refractivity contribution in [2.24, 2.45) is 0 Å².